The lowest BCUT2D eigenvalue weighted by atomic mass is 10.5. The molecule has 0 aliphatic rings. The van der Waals surface area contributed by atoms with Gasteiger partial charge in [-0.2, -0.15) is 0 Å². The first kappa shape index (κ1) is 15.6. The lowest BCUT2D eigenvalue weighted by Gasteiger charge is -2.36. The third kappa shape index (κ3) is 5.62. The molecule has 0 radical (unpaired) electrons. The zero-order valence-electron chi connectivity index (χ0n) is 11.3. The van der Waals surface area contributed by atoms with E-state index in [1.807, 2.05) is 6.92 Å². The van der Waals surface area contributed by atoms with Crippen LogP contribution in [0.5, 0.6) is 0 Å². The van der Waals surface area contributed by atoms with Crippen LogP contribution >= 0.6 is 0 Å². The number of hydrogen-bond donors (Lipinski definition) is 0. The van der Waals surface area contributed by atoms with Gasteiger partial charge in [-0.3, -0.25) is 0 Å². The molecule has 5 heteroatoms. The van der Waals surface area contributed by atoms with E-state index in [-0.39, 0.29) is 11.7 Å². The van der Waals surface area contributed by atoms with Crippen molar-refractivity contribution >= 4 is 22.6 Å². The van der Waals surface area contributed by atoms with Crippen molar-refractivity contribution in [2.45, 2.75) is 51.8 Å². The van der Waals surface area contributed by atoms with Crippen molar-refractivity contribution in [2.24, 2.45) is 0 Å². The topological polar surface area (TPSA) is 35.5 Å². The third-order valence-electron chi connectivity index (χ3n) is 2.14. The SMILES string of the molecule is C=CC(=O)OC(CC)[Si](C)(C)O[Si](C)(C)C. The highest BCUT2D eigenvalue weighted by Crippen LogP contribution is 2.22. The Bertz CT molecular complexity index is 256. The van der Waals surface area contributed by atoms with Gasteiger partial charge in [0.15, 0.2) is 8.32 Å². The van der Waals surface area contributed by atoms with E-state index in [0.29, 0.717) is 0 Å². The maximum atomic E-state index is 11.2. The number of carbonyl (C=O) groups excluding carboxylic acids is 1. The fourth-order valence-corrected chi connectivity index (χ4v) is 9.98. The molecule has 0 aliphatic carbocycles. The molecule has 0 rings (SSSR count). The third-order valence-corrected chi connectivity index (χ3v) is 8.77. The first-order valence-electron chi connectivity index (χ1n) is 5.65. The molecule has 1 unspecified atom stereocenters. The number of hydrogen-bond acceptors (Lipinski definition) is 3. The van der Waals surface area contributed by atoms with Gasteiger partial charge in [0, 0.05) is 6.08 Å². The highest BCUT2D eigenvalue weighted by atomic mass is 28.4. The fourth-order valence-electron chi connectivity index (χ4n) is 1.76. The van der Waals surface area contributed by atoms with Gasteiger partial charge in [0.25, 0.3) is 0 Å². The van der Waals surface area contributed by atoms with E-state index in [2.05, 4.69) is 39.3 Å². The van der Waals surface area contributed by atoms with E-state index in [1.54, 1.807) is 0 Å². The second-order valence-electron chi connectivity index (χ2n) is 5.36. The monoisotopic (exact) mass is 260 g/mol. The van der Waals surface area contributed by atoms with Crippen LogP contribution in [0.25, 0.3) is 0 Å². The smallest absolute Gasteiger partial charge is 0.330 e. The van der Waals surface area contributed by atoms with E-state index in [4.69, 9.17) is 8.85 Å². The van der Waals surface area contributed by atoms with Crippen LogP contribution < -0.4 is 0 Å². The van der Waals surface area contributed by atoms with E-state index >= 15 is 0 Å². The van der Waals surface area contributed by atoms with Crippen LogP contribution in [0.15, 0.2) is 12.7 Å². The summed E-state index contributed by atoms with van der Waals surface area (Å²) in [7, 11) is -3.56. The van der Waals surface area contributed by atoms with Crippen molar-refractivity contribution in [3.63, 3.8) is 0 Å². The predicted molar refractivity (Wildman–Crippen MR) is 72.3 cm³/mol. The normalized spacial score (nSPS) is 14.4. The molecule has 0 spiro atoms. The van der Waals surface area contributed by atoms with Gasteiger partial charge < -0.3 is 8.85 Å². The summed E-state index contributed by atoms with van der Waals surface area (Å²) in [6, 6.07) is 0. The number of ether oxygens (including phenoxy) is 1. The standard InChI is InChI=1S/C11H24O3Si2/c1-8-10(12)13-11(9-2)16(6,7)14-15(3,4)5/h8,11H,1,9H2,2-7H3. The van der Waals surface area contributed by atoms with Gasteiger partial charge in [0.1, 0.15) is 5.73 Å². The Balaban J connectivity index is 4.66. The second-order valence-corrected chi connectivity index (χ2v) is 14.2. The lowest BCUT2D eigenvalue weighted by molar-refractivity contribution is -0.140. The van der Waals surface area contributed by atoms with Crippen molar-refractivity contribution in [1.29, 1.82) is 0 Å². The summed E-state index contributed by atoms with van der Waals surface area (Å²) in [5, 5.41) is 0. The summed E-state index contributed by atoms with van der Waals surface area (Å²) in [6.07, 6.45) is 2.00. The van der Waals surface area contributed by atoms with Gasteiger partial charge in [-0.05, 0) is 39.2 Å². The Labute approximate surface area is 101 Å². The first-order chi connectivity index (χ1) is 7.12. The minimum atomic E-state index is -1.98. The molecule has 0 fully saturated rings. The van der Waals surface area contributed by atoms with E-state index < -0.39 is 16.6 Å². The molecule has 1 atom stereocenters. The van der Waals surface area contributed by atoms with Gasteiger partial charge in [0.05, 0.1) is 0 Å². The molecule has 0 aromatic rings. The Kier molecular flexibility index (Phi) is 5.65. The van der Waals surface area contributed by atoms with Crippen molar-refractivity contribution in [2.75, 3.05) is 0 Å². The van der Waals surface area contributed by atoms with Crippen LogP contribution in [0.3, 0.4) is 0 Å². The Morgan fingerprint density at radius 3 is 2.12 bits per heavy atom. The van der Waals surface area contributed by atoms with Crippen LogP contribution in [0.2, 0.25) is 32.7 Å². The minimum Gasteiger partial charge on any atom is -0.460 e. The van der Waals surface area contributed by atoms with E-state index in [0.717, 1.165) is 6.42 Å². The van der Waals surface area contributed by atoms with Crippen molar-refractivity contribution in [3.8, 4) is 0 Å². The van der Waals surface area contributed by atoms with Crippen LogP contribution in [0, 0.1) is 0 Å². The molecule has 0 aromatic heterocycles. The number of esters is 1. The summed E-state index contributed by atoms with van der Waals surface area (Å²) in [5.74, 6) is -0.355. The first-order valence-corrected chi connectivity index (χ1v) is 12.0. The average molecular weight is 260 g/mol. The molecular weight excluding hydrogens is 236 g/mol. The van der Waals surface area contributed by atoms with Gasteiger partial charge in [0.2, 0.25) is 8.32 Å². The largest absolute Gasteiger partial charge is 0.460 e. The summed E-state index contributed by atoms with van der Waals surface area (Å²) in [6.45, 7) is 16.1. The molecule has 0 aromatic carbocycles. The number of rotatable bonds is 6. The molecule has 0 bridgehead atoms. The highest BCUT2D eigenvalue weighted by Gasteiger charge is 2.38. The van der Waals surface area contributed by atoms with Gasteiger partial charge >= 0.3 is 5.97 Å². The number of carbonyl (C=O) groups is 1. The molecule has 0 N–H and O–H groups in total. The zero-order valence-corrected chi connectivity index (χ0v) is 13.3. The van der Waals surface area contributed by atoms with Crippen LogP contribution in [0.1, 0.15) is 13.3 Å². The minimum absolute atomic E-state index is 0.0928. The molecule has 0 aliphatic heterocycles. The molecular formula is C11H24O3Si2. The maximum Gasteiger partial charge on any atom is 0.330 e. The summed E-state index contributed by atoms with van der Waals surface area (Å²) < 4.78 is 11.6. The van der Waals surface area contributed by atoms with Crippen molar-refractivity contribution in [3.05, 3.63) is 12.7 Å². The van der Waals surface area contributed by atoms with Crippen molar-refractivity contribution < 1.29 is 13.6 Å². The maximum absolute atomic E-state index is 11.2. The van der Waals surface area contributed by atoms with Crippen molar-refractivity contribution in [1.82, 2.24) is 0 Å². The molecule has 16 heavy (non-hydrogen) atoms. The quantitative estimate of drug-likeness (QED) is 0.418. The Morgan fingerprint density at radius 2 is 1.81 bits per heavy atom. The molecule has 0 saturated carbocycles. The molecule has 0 amide bonds. The Hall–Kier alpha value is -0.396. The van der Waals surface area contributed by atoms with Crippen LogP contribution in [-0.4, -0.2) is 28.3 Å². The fraction of sp³-hybridized carbons (Fsp3) is 0.727. The predicted octanol–water partition coefficient (Wildman–Crippen LogP) is 3.09. The summed E-state index contributed by atoms with van der Waals surface area (Å²) in [4.78, 5) is 11.2. The van der Waals surface area contributed by atoms with Gasteiger partial charge in [-0.1, -0.05) is 13.5 Å². The van der Waals surface area contributed by atoms with Crippen LogP contribution in [-0.2, 0) is 13.6 Å². The van der Waals surface area contributed by atoms with Gasteiger partial charge in [-0.15, -0.1) is 0 Å². The Morgan fingerprint density at radius 1 is 1.31 bits per heavy atom. The molecule has 0 saturated heterocycles. The molecule has 3 nitrogen and oxygen atoms in total. The van der Waals surface area contributed by atoms with Gasteiger partial charge in [-0.25, -0.2) is 4.79 Å². The highest BCUT2D eigenvalue weighted by molar-refractivity contribution is 6.84. The van der Waals surface area contributed by atoms with E-state index in [9.17, 15) is 4.79 Å². The average Bonchev–Trinajstić information content (AvgIpc) is 2.09. The molecule has 94 valence electrons. The van der Waals surface area contributed by atoms with Crippen LogP contribution in [0.4, 0.5) is 0 Å². The zero-order chi connectivity index (χ0) is 13.0. The summed E-state index contributed by atoms with van der Waals surface area (Å²) in [5.41, 5.74) is -0.0928. The van der Waals surface area contributed by atoms with E-state index in [1.165, 1.54) is 6.08 Å². The lowest BCUT2D eigenvalue weighted by Crippen LogP contribution is -2.52. The second kappa shape index (κ2) is 5.79. The summed E-state index contributed by atoms with van der Waals surface area (Å²) >= 11 is 0. The molecule has 0 heterocycles.